The van der Waals surface area contributed by atoms with Crippen molar-refractivity contribution in [3.05, 3.63) is 77.0 Å². The van der Waals surface area contributed by atoms with Gasteiger partial charge in [-0.2, -0.15) is 0 Å². The number of fused-ring (bicyclic) bond motifs is 4. The number of benzene rings is 3. The van der Waals surface area contributed by atoms with Gasteiger partial charge in [-0.3, -0.25) is 4.79 Å². The van der Waals surface area contributed by atoms with Crippen LogP contribution >= 0.6 is 0 Å². The van der Waals surface area contributed by atoms with Crippen molar-refractivity contribution in [1.29, 1.82) is 0 Å². The number of nitrogens with one attached hydrogen (secondary N) is 2. The van der Waals surface area contributed by atoms with Crippen molar-refractivity contribution >= 4 is 44.3 Å². The molecular formula is C28H29N3O. The Kier molecular flexibility index (Phi) is 5.01. The Balaban J connectivity index is 1.55. The minimum atomic E-state index is -0.0664. The molecule has 0 saturated heterocycles. The Morgan fingerprint density at radius 2 is 1.78 bits per heavy atom. The zero-order valence-corrected chi connectivity index (χ0v) is 19.2. The molecular weight excluding hydrogens is 394 g/mol. The van der Waals surface area contributed by atoms with Gasteiger partial charge in [0.1, 0.15) is 5.69 Å². The molecule has 0 unspecified atom stereocenters. The smallest absolute Gasteiger partial charge is 0.272 e. The number of nitrogens with zero attached hydrogens (tertiary/aromatic N) is 1. The second-order valence-electron chi connectivity index (χ2n) is 8.46. The van der Waals surface area contributed by atoms with Gasteiger partial charge >= 0.3 is 0 Å². The minimum absolute atomic E-state index is 0.0664. The maximum atomic E-state index is 13.4. The number of aromatic nitrogens is 2. The average Bonchev–Trinajstić information content (AvgIpc) is 3.32. The van der Waals surface area contributed by atoms with Crippen LogP contribution < -0.4 is 5.32 Å². The lowest BCUT2D eigenvalue weighted by Crippen LogP contribution is -2.17. The summed E-state index contributed by atoms with van der Waals surface area (Å²) in [5.74, 6) is -0.0664. The summed E-state index contributed by atoms with van der Waals surface area (Å²) >= 11 is 0. The molecule has 4 heteroatoms. The summed E-state index contributed by atoms with van der Waals surface area (Å²) < 4.78 is 2.12. The van der Waals surface area contributed by atoms with E-state index in [-0.39, 0.29) is 5.91 Å². The fraction of sp³-hybridized carbons (Fsp3) is 0.250. The number of aromatic amines is 1. The predicted octanol–water partition coefficient (Wildman–Crippen LogP) is 6.98. The average molecular weight is 424 g/mol. The lowest BCUT2D eigenvalue weighted by Gasteiger charge is -2.10. The van der Waals surface area contributed by atoms with Crippen LogP contribution in [0.3, 0.4) is 0 Å². The zero-order chi connectivity index (χ0) is 22.4. The van der Waals surface area contributed by atoms with Crippen LogP contribution in [0.15, 0.2) is 54.6 Å². The first kappa shape index (κ1) is 20.4. The molecule has 0 radical (unpaired) electrons. The molecule has 3 aromatic carbocycles. The van der Waals surface area contributed by atoms with Gasteiger partial charge in [0.05, 0.1) is 0 Å². The maximum absolute atomic E-state index is 13.4. The van der Waals surface area contributed by atoms with E-state index in [0.29, 0.717) is 0 Å². The number of anilines is 1. The van der Waals surface area contributed by atoms with Gasteiger partial charge in [-0.1, -0.05) is 44.2 Å². The summed E-state index contributed by atoms with van der Waals surface area (Å²) in [6, 6.07) is 19.1. The summed E-state index contributed by atoms with van der Waals surface area (Å²) in [6.45, 7) is 9.22. The molecule has 5 aromatic rings. The number of hydrogen-bond donors (Lipinski definition) is 2. The molecule has 2 N–H and O–H groups in total. The Hall–Kier alpha value is -3.53. The first-order chi connectivity index (χ1) is 15.5. The maximum Gasteiger partial charge on any atom is 0.272 e. The summed E-state index contributed by atoms with van der Waals surface area (Å²) in [4.78, 5) is 17.0. The van der Waals surface area contributed by atoms with Crippen LogP contribution in [0.2, 0.25) is 0 Å². The minimum Gasteiger partial charge on any atom is -0.354 e. The predicted molar refractivity (Wildman–Crippen MR) is 135 cm³/mol. The summed E-state index contributed by atoms with van der Waals surface area (Å²) in [7, 11) is 0. The molecule has 0 aliphatic heterocycles. The largest absolute Gasteiger partial charge is 0.354 e. The zero-order valence-electron chi connectivity index (χ0n) is 19.2. The van der Waals surface area contributed by atoms with Crippen molar-refractivity contribution < 1.29 is 4.79 Å². The first-order valence-corrected chi connectivity index (χ1v) is 11.5. The van der Waals surface area contributed by atoms with E-state index in [2.05, 4.69) is 85.0 Å². The van der Waals surface area contributed by atoms with Crippen LogP contribution in [0.4, 0.5) is 5.69 Å². The summed E-state index contributed by atoms with van der Waals surface area (Å²) in [6.07, 6.45) is 1.97. The van der Waals surface area contributed by atoms with E-state index in [0.717, 1.165) is 52.8 Å². The van der Waals surface area contributed by atoms with E-state index in [9.17, 15) is 4.79 Å². The number of rotatable bonds is 5. The molecule has 0 fully saturated rings. The van der Waals surface area contributed by atoms with Crippen molar-refractivity contribution in [2.24, 2.45) is 0 Å². The lowest BCUT2D eigenvalue weighted by atomic mass is 10.1. The number of carbonyl (C=O) groups is 1. The van der Waals surface area contributed by atoms with Gasteiger partial charge in [0.15, 0.2) is 0 Å². The van der Waals surface area contributed by atoms with Gasteiger partial charge in [-0.15, -0.1) is 0 Å². The number of amides is 1. The molecule has 0 aliphatic rings. The molecule has 1 amide bonds. The second kappa shape index (κ2) is 7.86. The molecule has 0 saturated carbocycles. The van der Waals surface area contributed by atoms with Gasteiger partial charge in [0.25, 0.3) is 5.91 Å². The Bertz CT molecular complexity index is 1490. The molecule has 162 valence electrons. The van der Waals surface area contributed by atoms with Gasteiger partial charge in [0, 0.05) is 44.9 Å². The third kappa shape index (κ3) is 3.10. The fourth-order valence-electron chi connectivity index (χ4n) is 4.96. The highest BCUT2D eigenvalue weighted by molar-refractivity contribution is 6.12. The molecule has 0 bridgehead atoms. The molecule has 5 rings (SSSR count). The normalized spacial score (nSPS) is 11.6. The number of H-pyrrole nitrogens is 1. The van der Waals surface area contributed by atoms with Gasteiger partial charge < -0.3 is 14.9 Å². The number of aryl methyl sites for hydroxylation is 4. The van der Waals surface area contributed by atoms with Crippen molar-refractivity contribution in [3.8, 4) is 0 Å². The Morgan fingerprint density at radius 3 is 2.53 bits per heavy atom. The van der Waals surface area contributed by atoms with E-state index >= 15 is 0 Å². The Morgan fingerprint density at radius 1 is 0.938 bits per heavy atom. The van der Waals surface area contributed by atoms with Crippen molar-refractivity contribution in [3.63, 3.8) is 0 Å². The highest BCUT2D eigenvalue weighted by Crippen LogP contribution is 2.31. The molecule has 32 heavy (non-hydrogen) atoms. The van der Waals surface area contributed by atoms with Gasteiger partial charge in [0.2, 0.25) is 0 Å². The SMILES string of the molecule is CCc1ccc2c(c1)c(C)c(C(=O)Nc1ccc3c(c1)[nH]c1c(CC)cccc13)n2CC. The number of carbonyl (C=O) groups excluding carboxylic acids is 1. The molecule has 4 nitrogen and oxygen atoms in total. The van der Waals surface area contributed by atoms with Crippen LogP contribution in [0, 0.1) is 6.92 Å². The van der Waals surface area contributed by atoms with Crippen LogP contribution in [0.25, 0.3) is 32.7 Å². The number of para-hydroxylation sites is 1. The lowest BCUT2D eigenvalue weighted by molar-refractivity contribution is 0.101. The van der Waals surface area contributed by atoms with E-state index in [1.54, 1.807) is 0 Å². The van der Waals surface area contributed by atoms with E-state index in [1.165, 1.54) is 27.4 Å². The molecule has 2 heterocycles. The highest BCUT2D eigenvalue weighted by atomic mass is 16.2. The van der Waals surface area contributed by atoms with Crippen LogP contribution in [0.1, 0.15) is 48.0 Å². The first-order valence-electron chi connectivity index (χ1n) is 11.5. The topological polar surface area (TPSA) is 49.8 Å². The van der Waals surface area contributed by atoms with Crippen molar-refractivity contribution in [2.75, 3.05) is 5.32 Å². The number of hydrogen-bond acceptors (Lipinski definition) is 1. The molecule has 2 aromatic heterocycles. The highest BCUT2D eigenvalue weighted by Gasteiger charge is 2.20. The van der Waals surface area contributed by atoms with E-state index in [4.69, 9.17) is 0 Å². The third-order valence-electron chi connectivity index (χ3n) is 6.68. The monoisotopic (exact) mass is 423 g/mol. The summed E-state index contributed by atoms with van der Waals surface area (Å²) in [5.41, 5.74) is 8.51. The fourth-order valence-corrected chi connectivity index (χ4v) is 4.96. The third-order valence-corrected chi connectivity index (χ3v) is 6.68. The summed E-state index contributed by atoms with van der Waals surface area (Å²) in [5, 5.41) is 6.72. The van der Waals surface area contributed by atoms with Crippen LogP contribution in [0.5, 0.6) is 0 Å². The van der Waals surface area contributed by atoms with E-state index < -0.39 is 0 Å². The standard InChI is InChI=1S/C28H29N3O/c1-5-18-11-14-25-23(15-18)17(4)27(31(25)7-3)28(32)29-20-12-13-21-22-10-8-9-19(6-2)26(22)30-24(21)16-20/h8-16,30H,5-7H2,1-4H3,(H,29,32). The van der Waals surface area contributed by atoms with Crippen molar-refractivity contribution in [2.45, 2.75) is 47.1 Å². The van der Waals surface area contributed by atoms with E-state index in [1.807, 2.05) is 12.1 Å². The van der Waals surface area contributed by atoms with Crippen LogP contribution in [-0.4, -0.2) is 15.5 Å². The molecule has 0 atom stereocenters. The molecule has 0 spiro atoms. The van der Waals surface area contributed by atoms with Gasteiger partial charge in [-0.05, 0) is 67.6 Å². The van der Waals surface area contributed by atoms with Crippen molar-refractivity contribution in [1.82, 2.24) is 9.55 Å². The Labute approximate surface area is 188 Å². The second-order valence-corrected chi connectivity index (χ2v) is 8.46. The van der Waals surface area contributed by atoms with Gasteiger partial charge in [-0.25, -0.2) is 0 Å². The molecule has 0 aliphatic carbocycles. The van der Waals surface area contributed by atoms with Crippen LogP contribution in [-0.2, 0) is 19.4 Å². The quantitative estimate of drug-likeness (QED) is 0.315.